The molecule has 0 bridgehead atoms. The van der Waals surface area contributed by atoms with E-state index in [-0.39, 0.29) is 24.0 Å². The number of hydrogen-bond acceptors (Lipinski definition) is 4. The van der Waals surface area contributed by atoms with Crippen LogP contribution in [0.1, 0.15) is 13.8 Å². The quantitative estimate of drug-likeness (QED) is 0.728. The Morgan fingerprint density at radius 3 is 2.95 bits per heavy atom. The molecule has 1 unspecified atom stereocenters. The number of aliphatic hydroxyl groups excluding tert-OH is 1. The molecule has 2 heterocycles. The molecule has 1 aromatic carbocycles. The molecular formula is C15H19N3O4. The van der Waals surface area contributed by atoms with Crippen LogP contribution in [-0.4, -0.2) is 47.7 Å². The van der Waals surface area contributed by atoms with E-state index in [1.54, 1.807) is 23.1 Å². The van der Waals surface area contributed by atoms with Crippen LogP contribution in [-0.2, 0) is 4.79 Å². The summed E-state index contributed by atoms with van der Waals surface area (Å²) in [6.07, 6.45) is -0.527. The van der Waals surface area contributed by atoms with Gasteiger partial charge < -0.3 is 25.4 Å². The van der Waals surface area contributed by atoms with Gasteiger partial charge in [0.05, 0.1) is 11.8 Å². The summed E-state index contributed by atoms with van der Waals surface area (Å²) >= 11 is 0. The average molecular weight is 305 g/mol. The molecule has 1 saturated heterocycles. The van der Waals surface area contributed by atoms with Crippen molar-refractivity contribution >= 4 is 23.3 Å². The van der Waals surface area contributed by atoms with Crippen LogP contribution < -0.4 is 15.4 Å². The van der Waals surface area contributed by atoms with Crippen molar-refractivity contribution in [2.45, 2.75) is 20.0 Å². The zero-order valence-corrected chi connectivity index (χ0v) is 12.5. The number of aliphatic hydroxyl groups is 1. The summed E-state index contributed by atoms with van der Waals surface area (Å²) in [4.78, 5) is 25.1. The number of benzene rings is 1. The van der Waals surface area contributed by atoms with Crippen LogP contribution in [0.2, 0.25) is 0 Å². The highest BCUT2D eigenvalue weighted by Gasteiger charge is 2.40. The molecule has 1 aromatic rings. The minimum absolute atomic E-state index is 0.0308. The van der Waals surface area contributed by atoms with Crippen molar-refractivity contribution in [3.05, 3.63) is 18.2 Å². The number of anilines is 2. The van der Waals surface area contributed by atoms with Gasteiger partial charge in [-0.1, -0.05) is 13.8 Å². The van der Waals surface area contributed by atoms with Crippen molar-refractivity contribution < 1.29 is 19.4 Å². The van der Waals surface area contributed by atoms with E-state index in [0.29, 0.717) is 30.2 Å². The fraction of sp³-hybridized carbons (Fsp3) is 0.467. The first kappa shape index (κ1) is 14.6. The second-order valence-electron chi connectivity index (χ2n) is 6.36. The number of likely N-dealkylation sites (tertiary alicyclic amines) is 1. The van der Waals surface area contributed by atoms with Crippen LogP contribution in [0, 0.1) is 5.41 Å². The summed E-state index contributed by atoms with van der Waals surface area (Å²) in [6.45, 7) is 4.64. The number of ether oxygens (including phenoxy) is 1. The molecule has 0 spiro atoms. The third-order valence-corrected chi connectivity index (χ3v) is 4.05. The molecule has 2 aliphatic rings. The van der Waals surface area contributed by atoms with E-state index in [9.17, 15) is 14.7 Å². The highest BCUT2D eigenvalue weighted by molar-refractivity contribution is 5.96. The van der Waals surface area contributed by atoms with Crippen molar-refractivity contribution in [2.24, 2.45) is 5.41 Å². The average Bonchev–Trinajstić information content (AvgIpc) is 2.73. The van der Waals surface area contributed by atoms with E-state index < -0.39 is 6.10 Å². The minimum Gasteiger partial charge on any atom is -0.482 e. The zero-order chi connectivity index (χ0) is 15.9. The Hall–Kier alpha value is -2.28. The van der Waals surface area contributed by atoms with Crippen LogP contribution in [0.15, 0.2) is 18.2 Å². The summed E-state index contributed by atoms with van der Waals surface area (Å²) in [7, 11) is 0. The number of rotatable bonds is 1. The predicted octanol–water partition coefficient (Wildman–Crippen LogP) is 1.25. The normalized spacial score (nSPS) is 22.6. The van der Waals surface area contributed by atoms with E-state index >= 15 is 0 Å². The van der Waals surface area contributed by atoms with Gasteiger partial charge in [-0.25, -0.2) is 4.79 Å². The van der Waals surface area contributed by atoms with Gasteiger partial charge >= 0.3 is 6.03 Å². The first-order chi connectivity index (χ1) is 10.3. The molecule has 118 valence electrons. The van der Waals surface area contributed by atoms with Crippen molar-refractivity contribution in [1.29, 1.82) is 0 Å². The van der Waals surface area contributed by atoms with Crippen molar-refractivity contribution in [2.75, 3.05) is 30.3 Å². The van der Waals surface area contributed by atoms with Gasteiger partial charge in [0.25, 0.3) is 5.91 Å². The van der Waals surface area contributed by atoms with Crippen LogP contribution in [0.5, 0.6) is 5.75 Å². The van der Waals surface area contributed by atoms with Crippen LogP contribution in [0.4, 0.5) is 16.2 Å². The van der Waals surface area contributed by atoms with E-state index in [1.807, 2.05) is 13.8 Å². The van der Waals surface area contributed by atoms with Crippen LogP contribution in [0.3, 0.4) is 0 Å². The molecule has 0 aromatic heterocycles. The van der Waals surface area contributed by atoms with Crippen LogP contribution >= 0.6 is 0 Å². The van der Waals surface area contributed by atoms with Gasteiger partial charge in [0.15, 0.2) is 6.61 Å². The van der Waals surface area contributed by atoms with E-state index in [1.165, 1.54) is 0 Å². The summed E-state index contributed by atoms with van der Waals surface area (Å²) in [6, 6.07) is 4.79. The summed E-state index contributed by atoms with van der Waals surface area (Å²) < 4.78 is 5.32. The Bertz CT molecular complexity index is 629. The van der Waals surface area contributed by atoms with Gasteiger partial charge in [0.2, 0.25) is 0 Å². The highest BCUT2D eigenvalue weighted by Crippen LogP contribution is 2.32. The van der Waals surface area contributed by atoms with Crippen molar-refractivity contribution in [3.8, 4) is 5.75 Å². The number of hydrogen-bond donors (Lipinski definition) is 3. The Labute approximate surface area is 128 Å². The van der Waals surface area contributed by atoms with Gasteiger partial charge in [-0.05, 0) is 12.1 Å². The number of urea groups is 1. The lowest BCUT2D eigenvalue weighted by molar-refractivity contribution is -0.118. The Balaban J connectivity index is 1.69. The first-order valence-corrected chi connectivity index (χ1v) is 7.16. The number of β-amino-alcohol motifs (C(OH)–C–C–N with tert-alkyl or cyclic N) is 1. The van der Waals surface area contributed by atoms with Crippen LogP contribution in [0.25, 0.3) is 0 Å². The summed E-state index contributed by atoms with van der Waals surface area (Å²) in [5.74, 6) is 0.330. The molecule has 1 fully saturated rings. The summed E-state index contributed by atoms with van der Waals surface area (Å²) in [5.41, 5.74) is 0.867. The molecular weight excluding hydrogens is 286 g/mol. The van der Waals surface area contributed by atoms with Gasteiger partial charge in [0, 0.05) is 30.3 Å². The minimum atomic E-state index is -0.527. The lowest BCUT2D eigenvalue weighted by atomic mass is 9.90. The van der Waals surface area contributed by atoms with Crippen molar-refractivity contribution in [3.63, 3.8) is 0 Å². The number of fused-ring (bicyclic) bond motifs is 1. The fourth-order valence-corrected chi connectivity index (χ4v) is 2.63. The third kappa shape index (κ3) is 2.71. The predicted molar refractivity (Wildman–Crippen MR) is 80.9 cm³/mol. The molecule has 2 aliphatic heterocycles. The number of amides is 3. The van der Waals surface area contributed by atoms with E-state index in [4.69, 9.17) is 4.74 Å². The molecule has 7 nitrogen and oxygen atoms in total. The molecule has 3 amide bonds. The van der Waals surface area contributed by atoms with Gasteiger partial charge in [-0.3, -0.25) is 4.79 Å². The van der Waals surface area contributed by atoms with E-state index in [2.05, 4.69) is 10.6 Å². The molecule has 7 heteroatoms. The lowest BCUT2D eigenvalue weighted by Crippen LogP contribution is -2.34. The van der Waals surface area contributed by atoms with Crippen molar-refractivity contribution in [1.82, 2.24) is 4.90 Å². The molecule has 3 rings (SSSR count). The molecule has 3 N–H and O–H groups in total. The second-order valence-corrected chi connectivity index (χ2v) is 6.36. The third-order valence-electron chi connectivity index (χ3n) is 4.05. The molecule has 0 saturated carbocycles. The molecule has 0 aliphatic carbocycles. The number of carbonyl (C=O) groups is 2. The standard InChI is InChI=1S/C15H19N3O4/c1-15(2)8-18(6-12(15)19)14(21)16-9-3-4-10-11(5-9)22-7-13(20)17-10/h3-5,12,19H,6-8H2,1-2H3,(H,16,21)(H,17,20). The largest absolute Gasteiger partial charge is 0.482 e. The van der Waals surface area contributed by atoms with Gasteiger partial charge in [-0.15, -0.1) is 0 Å². The number of nitrogens with one attached hydrogen (secondary N) is 2. The Kier molecular flexibility index (Phi) is 3.44. The maximum Gasteiger partial charge on any atom is 0.321 e. The first-order valence-electron chi connectivity index (χ1n) is 7.16. The smallest absolute Gasteiger partial charge is 0.321 e. The molecule has 1 atom stereocenters. The molecule has 22 heavy (non-hydrogen) atoms. The zero-order valence-electron chi connectivity index (χ0n) is 12.5. The van der Waals surface area contributed by atoms with Gasteiger partial charge in [-0.2, -0.15) is 0 Å². The SMILES string of the molecule is CC1(C)CN(C(=O)Nc2ccc3c(c2)OCC(=O)N3)CC1O. The van der Waals surface area contributed by atoms with E-state index in [0.717, 1.165) is 0 Å². The van der Waals surface area contributed by atoms with Gasteiger partial charge in [0.1, 0.15) is 5.75 Å². The topological polar surface area (TPSA) is 90.9 Å². The number of carbonyl (C=O) groups excluding carboxylic acids is 2. The summed E-state index contributed by atoms with van der Waals surface area (Å²) in [5, 5.41) is 15.4. The highest BCUT2D eigenvalue weighted by atomic mass is 16.5. The second kappa shape index (κ2) is 5.17. The monoisotopic (exact) mass is 305 g/mol. The Morgan fingerprint density at radius 2 is 2.27 bits per heavy atom. The maximum atomic E-state index is 12.3. The maximum absolute atomic E-state index is 12.3. The molecule has 0 radical (unpaired) electrons. The lowest BCUT2D eigenvalue weighted by Gasteiger charge is -2.22. The fourth-order valence-electron chi connectivity index (χ4n) is 2.63. The number of nitrogens with zero attached hydrogens (tertiary/aromatic N) is 1. The Morgan fingerprint density at radius 1 is 1.50 bits per heavy atom.